The molecule has 44 heavy (non-hydrogen) atoms. The maximum absolute atomic E-state index is 13.2. The van der Waals surface area contributed by atoms with E-state index in [1.165, 1.54) is 12.1 Å². The van der Waals surface area contributed by atoms with Crippen molar-refractivity contribution in [2.45, 2.75) is 44.2 Å². The summed E-state index contributed by atoms with van der Waals surface area (Å²) in [6.45, 7) is 1.98. The van der Waals surface area contributed by atoms with E-state index in [0.29, 0.717) is 63.5 Å². The number of carbonyl (C=O) groups excluding carboxylic acids is 1. The lowest BCUT2D eigenvalue weighted by molar-refractivity contribution is -0.140. The van der Waals surface area contributed by atoms with Crippen molar-refractivity contribution in [3.63, 3.8) is 0 Å². The topological polar surface area (TPSA) is 241 Å². The number of aliphatic hydroxyl groups excluding tert-OH is 3. The molecule has 0 fully saturated rings. The summed E-state index contributed by atoms with van der Waals surface area (Å²) in [5.41, 5.74) is 0.889. The number of aliphatic carboxylic acids is 2. The van der Waals surface area contributed by atoms with E-state index in [9.17, 15) is 34.5 Å². The number of nitrogens with one attached hydrogen (secondary N) is 4. The summed E-state index contributed by atoms with van der Waals surface area (Å²) in [7, 11) is 0. The van der Waals surface area contributed by atoms with E-state index >= 15 is 0 Å². The number of aromatic amines is 1. The Labute approximate surface area is 253 Å². The minimum Gasteiger partial charge on any atom is -0.481 e. The van der Waals surface area contributed by atoms with Crippen LogP contribution in [0.2, 0.25) is 0 Å². The van der Waals surface area contributed by atoms with Gasteiger partial charge in [0.25, 0.3) is 11.5 Å². The molecule has 1 amide bonds. The van der Waals surface area contributed by atoms with Gasteiger partial charge in [-0.3, -0.25) is 19.4 Å². The third kappa shape index (κ3) is 9.55. The Kier molecular flexibility index (Phi) is 13.2. The summed E-state index contributed by atoms with van der Waals surface area (Å²) in [4.78, 5) is 59.3. The van der Waals surface area contributed by atoms with E-state index in [-0.39, 0.29) is 49.4 Å². The molecule has 0 bridgehead atoms. The highest BCUT2D eigenvalue weighted by atomic mass is 16.4. The SMILES string of the molecule is O=C(O)CCC(NC(=O)c1ccc(N(CCCO)CC2CNc3nc(NCCCO)[nH]c(=O)c3N2CCCO)cc1)C(=O)O. The summed E-state index contributed by atoms with van der Waals surface area (Å²) in [5, 5.41) is 54.9. The van der Waals surface area contributed by atoms with Crippen molar-refractivity contribution >= 4 is 41.0 Å². The van der Waals surface area contributed by atoms with Gasteiger partial charge in [-0.15, -0.1) is 0 Å². The number of hydrogen-bond donors (Lipinski definition) is 9. The van der Waals surface area contributed by atoms with Crippen LogP contribution in [-0.2, 0) is 9.59 Å². The van der Waals surface area contributed by atoms with E-state index in [1.807, 2.05) is 9.80 Å². The first-order chi connectivity index (χ1) is 21.2. The van der Waals surface area contributed by atoms with Gasteiger partial charge in [0, 0.05) is 70.2 Å². The van der Waals surface area contributed by atoms with Crippen molar-refractivity contribution in [2.24, 2.45) is 0 Å². The number of rotatable bonds is 19. The molecule has 1 aliphatic heterocycles. The minimum absolute atomic E-state index is 0.000465. The zero-order valence-electron chi connectivity index (χ0n) is 24.4. The van der Waals surface area contributed by atoms with Gasteiger partial charge in [0.05, 0.1) is 6.04 Å². The maximum Gasteiger partial charge on any atom is 0.326 e. The molecule has 2 unspecified atom stereocenters. The number of amides is 1. The number of aromatic nitrogens is 2. The molecule has 0 saturated carbocycles. The number of anilines is 4. The number of fused-ring (bicyclic) bond motifs is 1. The van der Waals surface area contributed by atoms with Crippen LogP contribution >= 0.6 is 0 Å². The number of carbonyl (C=O) groups is 3. The van der Waals surface area contributed by atoms with E-state index in [2.05, 4.69) is 25.9 Å². The quantitative estimate of drug-likeness (QED) is 0.0900. The highest BCUT2D eigenvalue weighted by Gasteiger charge is 2.31. The zero-order valence-corrected chi connectivity index (χ0v) is 24.4. The summed E-state index contributed by atoms with van der Waals surface area (Å²) in [5.74, 6) is -2.48. The summed E-state index contributed by atoms with van der Waals surface area (Å²) in [6.07, 6.45) is 0.690. The lowest BCUT2D eigenvalue weighted by atomic mass is 10.1. The summed E-state index contributed by atoms with van der Waals surface area (Å²) in [6, 6.07) is 4.86. The van der Waals surface area contributed by atoms with E-state index < -0.39 is 30.3 Å². The molecule has 2 aromatic rings. The van der Waals surface area contributed by atoms with Crippen LogP contribution in [0, 0.1) is 0 Å². The predicted octanol–water partition coefficient (Wildman–Crippen LogP) is -0.516. The molecule has 16 nitrogen and oxygen atoms in total. The number of carboxylic acids is 2. The molecular weight excluding hydrogens is 578 g/mol. The van der Waals surface area contributed by atoms with Crippen LogP contribution in [0.4, 0.5) is 23.1 Å². The fraction of sp³-hybridized carbons (Fsp3) is 0.536. The van der Waals surface area contributed by atoms with Crippen molar-refractivity contribution in [3.05, 3.63) is 40.2 Å². The summed E-state index contributed by atoms with van der Waals surface area (Å²) >= 11 is 0. The number of nitrogens with zero attached hydrogens (tertiary/aromatic N) is 3. The third-order valence-corrected chi connectivity index (χ3v) is 7.07. The average Bonchev–Trinajstić information content (AvgIpc) is 3.00. The first-order valence-electron chi connectivity index (χ1n) is 14.5. The van der Waals surface area contributed by atoms with Gasteiger partial charge in [-0.05, 0) is 49.9 Å². The Morgan fingerprint density at radius 1 is 1.05 bits per heavy atom. The molecule has 1 aromatic carbocycles. The Balaban J connectivity index is 1.80. The number of hydrogen-bond acceptors (Lipinski definition) is 12. The van der Waals surface area contributed by atoms with Gasteiger partial charge < -0.3 is 51.3 Å². The van der Waals surface area contributed by atoms with Crippen molar-refractivity contribution in [2.75, 3.05) is 73.0 Å². The molecule has 0 radical (unpaired) electrons. The maximum atomic E-state index is 13.2. The number of benzene rings is 1. The normalized spacial score (nSPS) is 14.7. The van der Waals surface area contributed by atoms with Crippen molar-refractivity contribution in [1.82, 2.24) is 15.3 Å². The zero-order chi connectivity index (χ0) is 32.1. The molecule has 16 heteroatoms. The molecule has 0 aliphatic carbocycles. The highest BCUT2D eigenvalue weighted by molar-refractivity contribution is 5.97. The van der Waals surface area contributed by atoms with E-state index in [1.54, 1.807) is 12.1 Å². The minimum atomic E-state index is -1.35. The second-order valence-electron chi connectivity index (χ2n) is 10.3. The average molecular weight is 620 g/mol. The largest absolute Gasteiger partial charge is 0.481 e. The number of H-pyrrole nitrogens is 1. The summed E-state index contributed by atoms with van der Waals surface area (Å²) < 4.78 is 0. The molecule has 242 valence electrons. The Morgan fingerprint density at radius 2 is 1.75 bits per heavy atom. The van der Waals surface area contributed by atoms with E-state index in [0.717, 1.165) is 5.69 Å². The van der Waals surface area contributed by atoms with Crippen LogP contribution in [0.25, 0.3) is 0 Å². The van der Waals surface area contributed by atoms with Crippen LogP contribution in [0.15, 0.2) is 29.1 Å². The lowest BCUT2D eigenvalue weighted by Crippen LogP contribution is -2.53. The van der Waals surface area contributed by atoms with E-state index in [4.69, 9.17) is 10.2 Å². The first kappa shape index (κ1) is 34.1. The lowest BCUT2D eigenvalue weighted by Gasteiger charge is -2.41. The molecule has 0 saturated heterocycles. The fourth-order valence-electron chi connectivity index (χ4n) is 4.86. The number of aliphatic hydroxyl groups is 3. The number of carboxylic acid groups (broad SMARTS) is 2. The van der Waals surface area contributed by atoms with Gasteiger partial charge >= 0.3 is 11.9 Å². The highest BCUT2D eigenvalue weighted by Crippen LogP contribution is 2.28. The molecule has 0 spiro atoms. The van der Waals surface area contributed by atoms with Crippen LogP contribution in [0.3, 0.4) is 0 Å². The van der Waals surface area contributed by atoms with Crippen LogP contribution in [0.5, 0.6) is 0 Å². The molecule has 3 rings (SSSR count). The molecule has 1 aliphatic rings. The third-order valence-electron chi connectivity index (χ3n) is 7.07. The van der Waals surface area contributed by atoms with Crippen molar-refractivity contribution in [3.8, 4) is 0 Å². The van der Waals surface area contributed by atoms with Crippen molar-refractivity contribution < 1.29 is 39.9 Å². The molecule has 1 aromatic heterocycles. The molecular formula is C28H41N7O9. The molecule has 2 heterocycles. The van der Waals surface area contributed by atoms with Crippen LogP contribution < -0.4 is 31.3 Å². The molecule has 9 N–H and O–H groups in total. The monoisotopic (exact) mass is 619 g/mol. The molecule has 2 atom stereocenters. The standard InChI is InChI=1S/C28H41N7O9/c36-13-1-10-29-28-32-24-23(26(42)33-28)35(12-3-15-38)20(16-30-24)17-34(11-2-14-37)19-6-4-18(5-7-19)25(41)31-21(27(43)44)8-9-22(39)40/h4-7,20-21,36-38H,1-3,8-17H2,(H,31,41)(H,39,40)(H,43,44)(H3,29,30,32,33,42). The van der Waals surface area contributed by atoms with Gasteiger partial charge in [-0.1, -0.05) is 0 Å². The van der Waals surface area contributed by atoms with Crippen molar-refractivity contribution in [1.29, 1.82) is 0 Å². The second kappa shape index (κ2) is 17.0. The van der Waals surface area contributed by atoms with Gasteiger partial charge in [0.1, 0.15) is 11.7 Å². The van der Waals surface area contributed by atoms with Gasteiger partial charge in [0.15, 0.2) is 5.82 Å². The Bertz CT molecular complexity index is 1310. The van der Waals surface area contributed by atoms with Gasteiger partial charge in [-0.2, -0.15) is 4.98 Å². The Morgan fingerprint density at radius 3 is 2.39 bits per heavy atom. The first-order valence-corrected chi connectivity index (χ1v) is 14.5. The van der Waals surface area contributed by atoms with Crippen LogP contribution in [0.1, 0.15) is 42.5 Å². The van der Waals surface area contributed by atoms with Gasteiger partial charge in [-0.25, -0.2) is 4.79 Å². The van der Waals surface area contributed by atoms with Crippen LogP contribution in [-0.4, -0.2) is 118 Å². The van der Waals surface area contributed by atoms with Gasteiger partial charge in [0.2, 0.25) is 5.95 Å². The smallest absolute Gasteiger partial charge is 0.326 e. The second-order valence-corrected chi connectivity index (χ2v) is 10.3. The predicted molar refractivity (Wildman–Crippen MR) is 162 cm³/mol. The fourth-order valence-corrected chi connectivity index (χ4v) is 4.86. The Hall–Kier alpha value is -4.41.